The van der Waals surface area contributed by atoms with E-state index in [1.807, 2.05) is 0 Å². The van der Waals surface area contributed by atoms with E-state index in [0.29, 0.717) is 24.5 Å². The number of alkyl halides is 3. The van der Waals surface area contributed by atoms with Crippen LogP contribution in [0.1, 0.15) is 23.2 Å². The number of nitrogens with one attached hydrogen (secondary N) is 1. The minimum Gasteiger partial charge on any atom is -0.475 e. The van der Waals surface area contributed by atoms with Gasteiger partial charge in [-0.25, -0.2) is 14.8 Å². The van der Waals surface area contributed by atoms with E-state index in [4.69, 9.17) is 14.7 Å². The zero-order chi connectivity index (χ0) is 17.5. The van der Waals surface area contributed by atoms with Gasteiger partial charge in [0.15, 0.2) is 0 Å². The largest absolute Gasteiger partial charge is 0.490 e. The maximum absolute atomic E-state index is 12.1. The number of carbonyl (C=O) groups excluding carboxylic acids is 1. The monoisotopic (exact) mass is 335 g/mol. The van der Waals surface area contributed by atoms with Crippen molar-refractivity contribution in [1.29, 1.82) is 0 Å². The van der Waals surface area contributed by atoms with Crippen molar-refractivity contribution in [2.45, 2.75) is 19.0 Å². The van der Waals surface area contributed by atoms with Gasteiger partial charge in [0.05, 0.1) is 12.2 Å². The number of hydrogen-bond acceptors (Lipinski definition) is 5. The summed E-state index contributed by atoms with van der Waals surface area (Å²) in [4.78, 5) is 30.4. The molecule has 7 nitrogen and oxygen atoms in total. The van der Waals surface area contributed by atoms with Crippen LogP contribution in [-0.4, -0.2) is 53.4 Å². The number of carbonyl (C=O) groups is 2. The Hall–Kier alpha value is -2.36. The van der Waals surface area contributed by atoms with Gasteiger partial charge in [-0.05, 0) is 25.0 Å². The van der Waals surface area contributed by atoms with Crippen LogP contribution < -0.4 is 5.32 Å². The summed E-state index contributed by atoms with van der Waals surface area (Å²) in [6.07, 6.45) is -1.43. The SMILES string of the molecule is CNc1ncccc1C(=O)N1CCCCO1.O=C(O)C(F)(F)F. The van der Waals surface area contributed by atoms with Gasteiger partial charge in [-0.1, -0.05) is 0 Å². The van der Waals surface area contributed by atoms with Crippen molar-refractivity contribution < 1.29 is 32.7 Å². The molecule has 0 aromatic carbocycles. The molecular weight excluding hydrogens is 319 g/mol. The Morgan fingerprint density at radius 1 is 1.39 bits per heavy atom. The van der Waals surface area contributed by atoms with Gasteiger partial charge in [0.25, 0.3) is 5.91 Å². The van der Waals surface area contributed by atoms with E-state index in [0.717, 1.165) is 12.8 Å². The Labute approximate surface area is 130 Å². The van der Waals surface area contributed by atoms with Crippen LogP contribution in [0.2, 0.25) is 0 Å². The first kappa shape index (κ1) is 18.7. The van der Waals surface area contributed by atoms with Crippen LogP contribution in [-0.2, 0) is 9.63 Å². The summed E-state index contributed by atoms with van der Waals surface area (Å²) in [6.45, 7) is 1.26. The molecule has 0 spiro atoms. The van der Waals surface area contributed by atoms with E-state index >= 15 is 0 Å². The molecule has 2 rings (SSSR count). The van der Waals surface area contributed by atoms with Crippen LogP contribution in [0.5, 0.6) is 0 Å². The van der Waals surface area contributed by atoms with Crippen LogP contribution >= 0.6 is 0 Å². The number of hydrogen-bond donors (Lipinski definition) is 2. The number of nitrogens with zero attached hydrogens (tertiary/aromatic N) is 2. The standard InChI is InChI=1S/C11H15N3O2.C2HF3O2/c1-12-10-9(5-4-6-13-10)11(15)14-7-2-3-8-16-14;3-2(4,5)1(6)7/h4-6H,2-3,7-8H2,1H3,(H,12,13);(H,6,7). The van der Waals surface area contributed by atoms with E-state index < -0.39 is 12.1 Å². The molecule has 128 valence electrons. The lowest BCUT2D eigenvalue weighted by Crippen LogP contribution is -2.36. The highest BCUT2D eigenvalue weighted by Crippen LogP contribution is 2.16. The number of carboxylic acids is 1. The van der Waals surface area contributed by atoms with Gasteiger partial charge >= 0.3 is 12.1 Å². The third kappa shape index (κ3) is 5.74. The maximum atomic E-state index is 12.1. The van der Waals surface area contributed by atoms with Gasteiger partial charge in [0.1, 0.15) is 5.82 Å². The Kier molecular flexibility index (Phi) is 6.76. The molecule has 0 unspecified atom stereocenters. The predicted octanol–water partition coefficient (Wildman–Crippen LogP) is 1.92. The minimum atomic E-state index is -5.08. The summed E-state index contributed by atoms with van der Waals surface area (Å²) >= 11 is 0. The molecule has 2 N–H and O–H groups in total. The fourth-order valence-electron chi connectivity index (χ4n) is 1.67. The summed E-state index contributed by atoms with van der Waals surface area (Å²) in [5.41, 5.74) is 0.548. The summed E-state index contributed by atoms with van der Waals surface area (Å²) < 4.78 is 31.7. The molecule has 1 fully saturated rings. The van der Waals surface area contributed by atoms with Crippen LogP contribution in [0.25, 0.3) is 0 Å². The second-order valence-corrected chi connectivity index (χ2v) is 4.40. The molecule has 1 aromatic heterocycles. The van der Waals surface area contributed by atoms with Crippen LogP contribution in [0.4, 0.5) is 19.0 Å². The number of pyridine rings is 1. The Morgan fingerprint density at radius 3 is 2.52 bits per heavy atom. The van der Waals surface area contributed by atoms with Crippen molar-refractivity contribution in [3.63, 3.8) is 0 Å². The zero-order valence-corrected chi connectivity index (χ0v) is 12.3. The van der Waals surface area contributed by atoms with E-state index in [1.54, 1.807) is 25.4 Å². The molecule has 0 bridgehead atoms. The smallest absolute Gasteiger partial charge is 0.475 e. The highest BCUT2D eigenvalue weighted by atomic mass is 19.4. The lowest BCUT2D eigenvalue weighted by molar-refractivity contribution is -0.192. The summed E-state index contributed by atoms with van der Waals surface area (Å²) in [6, 6.07) is 3.50. The number of hydroxylamine groups is 2. The Bertz CT molecular complexity index is 546. The second kappa shape index (κ2) is 8.32. The molecule has 1 aliphatic rings. The van der Waals surface area contributed by atoms with Crippen molar-refractivity contribution in [1.82, 2.24) is 10.0 Å². The maximum Gasteiger partial charge on any atom is 0.490 e. The number of anilines is 1. The molecule has 0 saturated carbocycles. The van der Waals surface area contributed by atoms with Crippen LogP contribution in [0.3, 0.4) is 0 Å². The molecule has 0 aliphatic carbocycles. The van der Waals surface area contributed by atoms with Gasteiger partial charge in [-0.15, -0.1) is 0 Å². The number of amides is 1. The third-order valence-electron chi connectivity index (χ3n) is 2.75. The van der Waals surface area contributed by atoms with Crippen LogP contribution in [0.15, 0.2) is 18.3 Å². The molecule has 1 saturated heterocycles. The fraction of sp³-hybridized carbons (Fsp3) is 0.462. The van der Waals surface area contributed by atoms with Gasteiger partial charge in [-0.3, -0.25) is 9.63 Å². The van der Waals surface area contributed by atoms with Crippen molar-refractivity contribution in [2.75, 3.05) is 25.5 Å². The van der Waals surface area contributed by atoms with Crippen molar-refractivity contribution in [3.05, 3.63) is 23.9 Å². The molecule has 10 heteroatoms. The summed E-state index contributed by atoms with van der Waals surface area (Å²) in [5, 5.41) is 11.4. The lowest BCUT2D eigenvalue weighted by atomic mass is 10.2. The first-order valence-corrected chi connectivity index (χ1v) is 6.65. The van der Waals surface area contributed by atoms with Gasteiger partial charge in [0, 0.05) is 19.8 Å². The number of halogens is 3. The van der Waals surface area contributed by atoms with Crippen molar-refractivity contribution in [3.8, 4) is 0 Å². The molecule has 0 radical (unpaired) electrons. The van der Waals surface area contributed by atoms with Crippen molar-refractivity contribution >= 4 is 17.7 Å². The van der Waals surface area contributed by atoms with Crippen LogP contribution in [0, 0.1) is 0 Å². The molecule has 0 atom stereocenters. The highest BCUT2D eigenvalue weighted by molar-refractivity contribution is 5.98. The molecule has 23 heavy (non-hydrogen) atoms. The molecule has 2 heterocycles. The predicted molar refractivity (Wildman–Crippen MR) is 73.7 cm³/mol. The van der Waals surface area contributed by atoms with E-state index in [2.05, 4.69) is 10.3 Å². The van der Waals surface area contributed by atoms with Gasteiger partial charge in [-0.2, -0.15) is 13.2 Å². The minimum absolute atomic E-state index is 0.128. The normalized spacial score (nSPS) is 14.5. The van der Waals surface area contributed by atoms with E-state index in [-0.39, 0.29) is 5.91 Å². The topological polar surface area (TPSA) is 91.8 Å². The Morgan fingerprint density at radius 2 is 2.04 bits per heavy atom. The quantitative estimate of drug-likeness (QED) is 0.858. The lowest BCUT2D eigenvalue weighted by Gasteiger charge is -2.26. The van der Waals surface area contributed by atoms with E-state index in [1.165, 1.54) is 5.06 Å². The average molecular weight is 335 g/mol. The van der Waals surface area contributed by atoms with Crippen molar-refractivity contribution in [2.24, 2.45) is 0 Å². The first-order valence-electron chi connectivity index (χ1n) is 6.65. The Balaban J connectivity index is 0.000000322. The molecule has 1 amide bonds. The third-order valence-corrected chi connectivity index (χ3v) is 2.75. The highest BCUT2D eigenvalue weighted by Gasteiger charge is 2.38. The second-order valence-electron chi connectivity index (χ2n) is 4.40. The van der Waals surface area contributed by atoms with Gasteiger partial charge in [0.2, 0.25) is 0 Å². The zero-order valence-electron chi connectivity index (χ0n) is 12.3. The molecule has 1 aromatic rings. The first-order chi connectivity index (χ1) is 10.8. The number of carboxylic acid groups (broad SMARTS) is 1. The van der Waals surface area contributed by atoms with E-state index in [9.17, 15) is 18.0 Å². The number of aliphatic carboxylic acids is 1. The number of rotatable bonds is 2. The molecular formula is C13H16F3N3O4. The average Bonchev–Trinajstić information content (AvgIpc) is 2.54. The molecule has 1 aliphatic heterocycles. The summed E-state index contributed by atoms with van der Waals surface area (Å²) in [7, 11) is 1.75. The van der Waals surface area contributed by atoms with Gasteiger partial charge < -0.3 is 10.4 Å². The fourth-order valence-corrected chi connectivity index (χ4v) is 1.67. The number of aromatic nitrogens is 1. The summed E-state index contributed by atoms with van der Waals surface area (Å²) in [5.74, 6) is -2.30.